The van der Waals surface area contributed by atoms with E-state index in [2.05, 4.69) is 0 Å². The van der Waals surface area contributed by atoms with E-state index in [0.29, 0.717) is 5.75 Å². The predicted molar refractivity (Wildman–Crippen MR) is 67.4 cm³/mol. The van der Waals surface area contributed by atoms with Gasteiger partial charge < -0.3 is 19.7 Å². The van der Waals surface area contributed by atoms with Crippen LogP contribution in [0.4, 0.5) is 0 Å². The smallest absolute Gasteiger partial charge is 0.154 e. The zero-order valence-electron chi connectivity index (χ0n) is 10.4. The Morgan fingerprint density at radius 1 is 1.05 bits per heavy atom. The third-order valence-electron chi connectivity index (χ3n) is 2.99. The minimum atomic E-state index is -2.17. The summed E-state index contributed by atoms with van der Waals surface area (Å²) >= 11 is 0. The third-order valence-corrected chi connectivity index (χ3v) is 2.99. The quantitative estimate of drug-likeness (QED) is 0.874. The molecule has 0 aromatic heterocycles. The lowest BCUT2D eigenvalue weighted by Gasteiger charge is -2.30. The fraction of sp³-hybridized carbons (Fsp3) is 0.133. The minimum Gasteiger partial charge on any atom is -0.546 e. The van der Waals surface area contributed by atoms with Gasteiger partial charge in [0.05, 0.1) is 13.1 Å². The summed E-state index contributed by atoms with van der Waals surface area (Å²) in [4.78, 5) is 11.4. The highest BCUT2D eigenvalue weighted by molar-refractivity contribution is 5.82. The van der Waals surface area contributed by atoms with Crippen molar-refractivity contribution in [3.8, 4) is 5.75 Å². The Balaban J connectivity index is 2.53. The normalized spacial score (nSPS) is 13.6. The van der Waals surface area contributed by atoms with Crippen LogP contribution in [0, 0.1) is 0 Å². The maximum atomic E-state index is 11.4. The Hall–Kier alpha value is -2.33. The van der Waals surface area contributed by atoms with Crippen LogP contribution in [0.3, 0.4) is 0 Å². The SMILES string of the molecule is COc1ccc([C@@](O)(C(=O)[O-])c2ccccc2)cc1. The van der Waals surface area contributed by atoms with Gasteiger partial charge in [-0.2, -0.15) is 0 Å². The fourth-order valence-electron chi connectivity index (χ4n) is 1.91. The largest absolute Gasteiger partial charge is 0.546 e. The average molecular weight is 257 g/mol. The second-order valence-corrected chi connectivity index (χ2v) is 4.09. The lowest BCUT2D eigenvalue weighted by molar-refractivity contribution is -0.322. The van der Waals surface area contributed by atoms with E-state index in [-0.39, 0.29) is 11.1 Å². The number of carbonyl (C=O) groups excluding carboxylic acids is 1. The molecule has 2 aromatic carbocycles. The summed E-state index contributed by atoms with van der Waals surface area (Å²) in [6.45, 7) is 0. The van der Waals surface area contributed by atoms with Crippen molar-refractivity contribution in [2.45, 2.75) is 5.60 Å². The second kappa shape index (κ2) is 5.12. The number of benzene rings is 2. The molecule has 0 radical (unpaired) electrons. The summed E-state index contributed by atoms with van der Waals surface area (Å²) in [7, 11) is 1.51. The summed E-state index contributed by atoms with van der Waals surface area (Å²) in [6, 6.07) is 14.3. The van der Waals surface area contributed by atoms with E-state index in [1.165, 1.54) is 19.2 Å². The van der Waals surface area contributed by atoms with Crippen molar-refractivity contribution in [1.29, 1.82) is 0 Å². The van der Waals surface area contributed by atoms with E-state index < -0.39 is 11.6 Å². The monoisotopic (exact) mass is 257 g/mol. The molecule has 0 fully saturated rings. The van der Waals surface area contributed by atoms with Crippen LogP contribution in [0.25, 0.3) is 0 Å². The highest BCUT2D eigenvalue weighted by Gasteiger charge is 2.33. The van der Waals surface area contributed by atoms with Crippen molar-refractivity contribution in [3.05, 3.63) is 65.7 Å². The number of rotatable bonds is 4. The van der Waals surface area contributed by atoms with Gasteiger partial charge in [-0.05, 0) is 23.3 Å². The highest BCUT2D eigenvalue weighted by atomic mass is 16.5. The van der Waals surface area contributed by atoms with Crippen molar-refractivity contribution in [1.82, 2.24) is 0 Å². The lowest BCUT2D eigenvalue weighted by atomic mass is 9.86. The molecule has 0 spiro atoms. The molecular formula is C15H13O4-. The number of carboxylic acids is 1. The van der Waals surface area contributed by atoms with E-state index >= 15 is 0 Å². The van der Waals surface area contributed by atoms with Crippen LogP contribution in [0.2, 0.25) is 0 Å². The molecule has 4 nitrogen and oxygen atoms in total. The second-order valence-electron chi connectivity index (χ2n) is 4.09. The van der Waals surface area contributed by atoms with Crippen molar-refractivity contribution in [2.24, 2.45) is 0 Å². The summed E-state index contributed by atoms with van der Waals surface area (Å²) in [5.74, 6) is -0.985. The Kier molecular flexibility index (Phi) is 3.53. The minimum absolute atomic E-state index is 0.222. The van der Waals surface area contributed by atoms with Gasteiger partial charge in [0.2, 0.25) is 0 Å². The predicted octanol–water partition coefficient (Wildman–Crippen LogP) is 0.681. The molecule has 19 heavy (non-hydrogen) atoms. The molecular weight excluding hydrogens is 244 g/mol. The fourth-order valence-corrected chi connectivity index (χ4v) is 1.91. The molecule has 1 atom stereocenters. The van der Waals surface area contributed by atoms with Crippen LogP contribution in [0.5, 0.6) is 5.75 Å². The van der Waals surface area contributed by atoms with Gasteiger partial charge in [0, 0.05) is 0 Å². The molecule has 98 valence electrons. The number of hydrogen-bond donors (Lipinski definition) is 1. The number of carbonyl (C=O) groups is 1. The maximum absolute atomic E-state index is 11.4. The molecule has 0 heterocycles. The number of hydrogen-bond acceptors (Lipinski definition) is 4. The zero-order chi connectivity index (χ0) is 13.9. The van der Waals surface area contributed by atoms with Gasteiger partial charge in [-0.25, -0.2) is 0 Å². The number of methoxy groups -OCH3 is 1. The molecule has 0 aliphatic carbocycles. The molecule has 0 bridgehead atoms. The average Bonchev–Trinajstić information content (AvgIpc) is 2.47. The Labute approximate surface area is 110 Å². The zero-order valence-corrected chi connectivity index (χ0v) is 10.4. The van der Waals surface area contributed by atoms with Gasteiger partial charge in [0.15, 0.2) is 5.60 Å². The Morgan fingerprint density at radius 3 is 2.05 bits per heavy atom. The van der Waals surface area contributed by atoms with Gasteiger partial charge >= 0.3 is 0 Å². The third kappa shape index (κ3) is 2.30. The van der Waals surface area contributed by atoms with Gasteiger partial charge in [0.1, 0.15) is 5.75 Å². The molecule has 0 saturated carbocycles. The van der Waals surface area contributed by atoms with Crippen molar-refractivity contribution < 1.29 is 19.7 Å². The Morgan fingerprint density at radius 2 is 1.58 bits per heavy atom. The van der Waals surface area contributed by atoms with Crippen LogP contribution in [0.15, 0.2) is 54.6 Å². The summed E-state index contributed by atoms with van der Waals surface area (Å²) in [5.41, 5.74) is -1.70. The number of carboxylic acid groups (broad SMARTS) is 1. The Bertz CT molecular complexity index is 562. The number of ether oxygens (including phenoxy) is 1. The maximum Gasteiger partial charge on any atom is 0.154 e. The highest BCUT2D eigenvalue weighted by Crippen LogP contribution is 2.30. The van der Waals surface area contributed by atoms with E-state index in [1.807, 2.05) is 0 Å². The lowest BCUT2D eigenvalue weighted by Crippen LogP contribution is -2.46. The van der Waals surface area contributed by atoms with E-state index in [0.717, 1.165) is 0 Å². The molecule has 0 amide bonds. The topological polar surface area (TPSA) is 69.6 Å². The molecule has 0 unspecified atom stereocenters. The van der Waals surface area contributed by atoms with E-state index in [1.54, 1.807) is 42.5 Å². The first-order valence-corrected chi connectivity index (χ1v) is 5.73. The first-order valence-electron chi connectivity index (χ1n) is 5.73. The van der Waals surface area contributed by atoms with Gasteiger partial charge in [-0.1, -0.05) is 42.5 Å². The summed E-state index contributed by atoms with van der Waals surface area (Å²) in [5, 5.41) is 21.9. The molecule has 1 N–H and O–H groups in total. The van der Waals surface area contributed by atoms with Crippen molar-refractivity contribution in [3.63, 3.8) is 0 Å². The van der Waals surface area contributed by atoms with E-state index in [4.69, 9.17) is 4.74 Å². The standard InChI is InChI=1S/C15H14O4/c1-19-13-9-7-12(8-10-13)15(18,14(16)17)11-5-3-2-4-6-11/h2-10,18H,1H3,(H,16,17)/p-1/t15-/m1/s1. The molecule has 0 aliphatic rings. The van der Waals surface area contributed by atoms with Crippen LogP contribution in [-0.4, -0.2) is 18.2 Å². The summed E-state index contributed by atoms with van der Waals surface area (Å²) in [6.07, 6.45) is 0. The van der Waals surface area contributed by atoms with Crippen LogP contribution in [0.1, 0.15) is 11.1 Å². The summed E-state index contributed by atoms with van der Waals surface area (Å²) < 4.78 is 5.00. The molecule has 2 aromatic rings. The molecule has 0 saturated heterocycles. The molecule has 4 heteroatoms. The molecule has 2 rings (SSSR count). The van der Waals surface area contributed by atoms with Crippen LogP contribution >= 0.6 is 0 Å². The molecule has 0 aliphatic heterocycles. The van der Waals surface area contributed by atoms with Gasteiger partial charge in [-0.3, -0.25) is 0 Å². The van der Waals surface area contributed by atoms with Crippen molar-refractivity contribution in [2.75, 3.05) is 7.11 Å². The van der Waals surface area contributed by atoms with Gasteiger partial charge in [0.25, 0.3) is 0 Å². The van der Waals surface area contributed by atoms with Gasteiger partial charge in [-0.15, -0.1) is 0 Å². The van der Waals surface area contributed by atoms with Crippen LogP contribution in [-0.2, 0) is 10.4 Å². The first-order chi connectivity index (χ1) is 9.09. The first kappa shape index (κ1) is 13.1. The van der Waals surface area contributed by atoms with Crippen molar-refractivity contribution >= 4 is 5.97 Å². The van der Waals surface area contributed by atoms with Crippen LogP contribution < -0.4 is 9.84 Å². The van der Waals surface area contributed by atoms with E-state index in [9.17, 15) is 15.0 Å². The number of aliphatic carboxylic acids is 1. The number of aliphatic hydroxyl groups is 1.